The molecular weight excluding hydrogens is 800 g/mol. The van der Waals surface area contributed by atoms with Gasteiger partial charge >= 0.3 is 0 Å². The van der Waals surface area contributed by atoms with Gasteiger partial charge in [0.15, 0.2) is 0 Å². The Morgan fingerprint density at radius 2 is 1.48 bits per heavy atom. The Balaban J connectivity index is 1.09. The minimum atomic E-state index is -1.53. The molecule has 2 heterocycles. The average Bonchev–Trinajstić information content (AvgIpc) is 3.69. The highest BCUT2D eigenvalue weighted by Gasteiger charge is 2.70. The number of hydrogen-bond donors (Lipinski definition) is 1. The van der Waals surface area contributed by atoms with E-state index in [1.54, 1.807) is 56.7 Å². The molecule has 0 spiro atoms. The number of aromatic hydroxyl groups is 1. The fourth-order valence-electron chi connectivity index (χ4n) is 10.8. The molecular formula is C52H41ClN2O7. The molecule has 6 aromatic rings. The third-order valence-corrected chi connectivity index (χ3v) is 13.7. The van der Waals surface area contributed by atoms with Gasteiger partial charge in [-0.2, -0.15) is 0 Å². The summed E-state index contributed by atoms with van der Waals surface area (Å²) in [4.78, 5) is 62.9. The van der Waals surface area contributed by atoms with Crippen LogP contribution in [0.4, 0.5) is 11.4 Å². The Bertz CT molecular complexity index is 2890. The lowest BCUT2D eigenvalue weighted by Crippen LogP contribution is -2.53. The van der Waals surface area contributed by atoms with Gasteiger partial charge in [-0.1, -0.05) is 114 Å². The molecule has 0 aromatic heterocycles. The summed E-state index contributed by atoms with van der Waals surface area (Å²) < 4.78 is 10.9. The van der Waals surface area contributed by atoms with Crippen molar-refractivity contribution < 1.29 is 33.8 Å². The first-order valence-corrected chi connectivity index (χ1v) is 21.0. The molecule has 0 radical (unpaired) electrons. The standard InChI is InChI=1S/C52H41ClN2O7/c1-61-37-22-26-44(62-2)32(27-37)18-15-30-16-20-35(21-17-30)54-48(57)40-24-23-39-41(45(40)50(54)59)29-42-49(58)55(36-13-8-12-34(53)28-36)51(60)52(42,33-10-4-3-5-11-33)47(39)46-38-14-7-6-9-31(38)19-25-43(46)56/h3-23,25-28,40-42,45,47,56H,24,29H2,1-2H3. The van der Waals surface area contributed by atoms with E-state index in [1.165, 1.54) is 9.80 Å². The summed E-state index contributed by atoms with van der Waals surface area (Å²) >= 11 is 6.48. The van der Waals surface area contributed by atoms with Crippen molar-refractivity contribution in [3.05, 3.63) is 172 Å². The van der Waals surface area contributed by atoms with Crippen molar-refractivity contribution in [2.24, 2.45) is 23.7 Å². The largest absolute Gasteiger partial charge is 0.508 e. The topological polar surface area (TPSA) is 113 Å². The summed E-state index contributed by atoms with van der Waals surface area (Å²) in [7, 11) is 3.21. The summed E-state index contributed by atoms with van der Waals surface area (Å²) in [5.41, 5.74) is 2.83. The minimum Gasteiger partial charge on any atom is -0.508 e. The number of methoxy groups -OCH3 is 2. The molecule has 0 bridgehead atoms. The molecule has 1 N–H and O–H groups in total. The van der Waals surface area contributed by atoms with Crippen LogP contribution in [-0.2, 0) is 24.6 Å². The van der Waals surface area contributed by atoms with Crippen molar-refractivity contribution in [2.45, 2.75) is 24.2 Å². The molecule has 308 valence electrons. The van der Waals surface area contributed by atoms with Crippen LogP contribution in [-0.4, -0.2) is 43.0 Å². The first-order valence-electron chi connectivity index (χ1n) is 20.6. The fourth-order valence-corrected chi connectivity index (χ4v) is 11.0. The molecule has 4 amide bonds. The summed E-state index contributed by atoms with van der Waals surface area (Å²) in [5.74, 6) is -4.10. The smallest absolute Gasteiger partial charge is 0.246 e. The number of ether oxygens (including phenoxy) is 2. The SMILES string of the molecule is COc1ccc(OC)c(C=Cc2ccc(N3C(=O)C4CC=C5C(CC6C(=O)N(c7cccc(Cl)c7)C(=O)C6(c6ccccc6)C5c5c(O)ccc6ccccc56)C4C3=O)cc2)c1. The Kier molecular flexibility index (Phi) is 9.60. The lowest BCUT2D eigenvalue weighted by atomic mass is 9.48. The van der Waals surface area contributed by atoms with E-state index >= 15 is 9.59 Å². The summed E-state index contributed by atoms with van der Waals surface area (Å²) in [6.07, 6.45) is 6.22. The number of imide groups is 2. The van der Waals surface area contributed by atoms with E-state index in [2.05, 4.69) is 0 Å². The van der Waals surface area contributed by atoms with E-state index in [1.807, 2.05) is 109 Å². The van der Waals surface area contributed by atoms with E-state index in [0.29, 0.717) is 39.0 Å². The van der Waals surface area contributed by atoms with Crippen molar-refractivity contribution in [3.8, 4) is 17.2 Å². The molecule has 1 saturated carbocycles. The summed E-state index contributed by atoms with van der Waals surface area (Å²) in [6, 6.07) is 39.9. The van der Waals surface area contributed by atoms with Crippen LogP contribution in [0.15, 0.2) is 145 Å². The van der Waals surface area contributed by atoms with E-state index in [9.17, 15) is 14.7 Å². The van der Waals surface area contributed by atoms with E-state index < -0.39 is 46.8 Å². The second kappa shape index (κ2) is 15.2. The molecule has 4 aliphatic rings. The number of halogens is 1. The second-order valence-electron chi connectivity index (χ2n) is 16.4. The van der Waals surface area contributed by atoms with Gasteiger partial charge in [0.25, 0.3) is 0 Å². The average molecular weight is 841 g/mol. The van der Waals surface area contributed by atoms with Gasteiger partial charge in [-0.05, 0) is 95.3 Å². The summed E-state index contributed by atoms with van der Waals surface area (Å²) in [6.45, 7) is 0. The highest BCUT2D eigenvalue weighted by molar-refractivity contribution is 6.32. The number of carbonyl (C=O) groups is 4. The lowest BCUT2D eigenvalue weighted by molar-refractivity contribution is -0.127. The van der Waals surface area contributed by atoms with Gasteiger partial charge in [0.1, 0.15) is 17.2 Å². The van der Waals surface area contributed by atoms with Gasteiger partial charge < -0.3 is 14.6 Å². The Labute approximate surface area is 363 Å². The molecule has 6 unspecified atom stereocenters. The first-order chi connectivity index (χ1) is 30.1. The zero-order valence-electron chi connectivity index (χ0n) is 33.9. The number of anilines is 2. The van der Waals surface area contributed by atoms with Gasteiger partial charge in [0.2, 0.25) is 23.6 Å². The Morgan fingerprint density at radius 3 is 2.24 bits per heavy atom. The predicted octanol–water partition coefficient (Wildman–Crippen LogP) is 9.75. The zero-order chi connectivity index (χ0) is 42.9. The first kappa shape index (κ1) is 39.2. The van der Waals surface area contributed by atoms with Crippen molar-refractivity contribution >= 4 is 69.5 Å². The number of amides is 4. The predicted molar refractivity (Wildman–Crippen MR) is 239 cm³/mol. The van der Waals surface area contributed by atoms with Crippen LogP contribution < -0.4 is 19.3 Å². The number of rotatable bonds is 8. The molecule has 62 heavy (non-hydrogen) atoms. The van der Waals surface area contributed by atoms with Crippen LogP contribution in [0.2, 0.25) is 5.02 Å². The van der Waals surface area contributed by atoms with Crippen LogP contribution in [0, 0.1) is 23.7 Å². The van der Waals surface area contributed by atoms with Gasteiger partial charge in [0, 0.05) is 22.1 Å². The van der Waals surface area contributed by atoms with Gasteiger partial charge in [0.05, 0.1) is 48.8 Å². The van der Waals surface area contributed by atoms with Crippen LogP contribution in [0.1, 0.15) is 41.0 Å². The van der Waals surface area contributed by atoms with Gasteiger partial charge in [-0.25, -0.2) is 4.90 Å². The Hall–Kier alpha value is -6.97. The van der Waals surface area contributed by atoms with Crippen LogP contribution in [0.3, 0.4) is 0 Å². The second-order valence-corrected chi connectivity index (χ2v) is 16.8. The highest BCUT2D eigenvalue weighted by Crippen LogP contribution is 2.66. The molecule has 2 aliphatic carbocycles. The van der Waals surface area contributed by atoms with Crippen LogP contribution in [0.25, 0.3) is 22.9 Å². The number of carbonyl (C=O) groups excluding carboxylic acids is 4. The quantitative estimate of drug-likeness (QED) is 0.0923. The molecule has 6 atom stereocenters. The normalized spacial score (nSPS) is 24.3. The van der Waals surface area contributed by atoms with Crippen LogP contribution in [0.5, 0.6) is 17.2 Å². The Morgan fingerprint density at radius 1 is 0.710 bits per heavy atom. The number of phenolic OH excluding ortho intramolecular Hbond substituents is 1. The maximum atomic E-state index is 15.7. The lowest BCUT2D eigenvalue weighted by Gasteiger charge is -2.51. The number of fused-ring (bicyclic) bond motifs is 5. The van der Waals surface area contributed by atoms with E-state index in [-0.39, 0.29) is 30.4 Å². The maximum Gasteiger partial charge on any atom is 0.246 e. The minimum absolute atomic E-state index is 0.0256. The third-order valence-electron chi connectivity index (χ3n) is 13.4. The number of allylic oxidation sites excluding steroid dienone is 2. The van der Waals surface area contributed by atoms with Crippen molar-refractivity contribution in [1.82, 2.24) is 0 Å². The van der Waals surface area contributed by atoms with Crippen molar-refractivity contribution in [3.63, 3.8) is 0 Å². The molecule has 2 aliphatic heterocycles. The highest BCUT2D eigenvalue weighted by atomic mass is 35.5. The third kappa shape index (κ3) is 5.90. The number of benzene rings is 6. The number of nitrogens with zero attached hydrogens (tertiary/aromatic N) is 2. The molecule has 10 heteroatoms. The maximum absolute atomic E-state index is 15.7. The number of hydrogen-bond acceptors (Lipinski definition) is 7. The van der Waals surface area contributed by atoms with Crippen molar-refractivity contribution in [2.75, 3.05) is 24.0 Å². The monoisotopic (exact) mass is 840 g/mol. The van der Waals surface area contributed by atoms with E-state index in [0.717, 1.165) is 27.5 Å². The number of phenols is 1. The van der Waals surface area contributed by atoms with Crippen molar-refractivity contribution in [1.29, 1.82) is 0 Å². The zero-order valence-corrected chi connectivity index (χ0v) is 34.7. The molecule has 10 rings (SSSR count). The fraction of sp³-hybridized carbons (Fsp3) is 0.192. The molecule has 3 fully saturated rings. The van der Waals surface area contributed by atoms with E-state index in [4.69, 9.17) is 21.1 Å². The summed E-state index contributed by atoms with van der Waals surface area (Å²) in [5, 5.41) is 14.0. The molecule has 6 aromatic carbocycles. The van der Waals surface area contributed by atoms with Gasteiger partial charge in [-0.3, -0.25) is 24.1 Å². The van der Waals surface area contributed by atoms with Gasteiger partial charge in [-0.15, -0.1) is 0 Å². The van der Waals surface area contributed by atoms with Crippen LogP contribution >= 0.6 is 11.6 Å². The molecule has 9 nitrogen and oxygen atoms in total. The molecule has 2 saturated heterocycles.